The maximum absolute atomic E-state index is 12.6. The zero-order chi connectivity index (χ0) is 19.3. The lowest BCUT2D eigenvalue weighted by Crippen LogP contribution is -2.13. The minimum atomic E-state index is -3.28. The van der Waals surface area contributed by atoms with Gasteiger partial charge in [-0.1, -0.05) is 12.2 Å². The van der Waals surface area contributed by atoms with E-state index in [9.17, 15) is 13.2 Å². The smallest absolute Gasteiger partial charge is 0.255 e. The van der Waals surface area contributed by atoms with Gasteiger partial charge in [-0.15, -0.1) is 0 Å². The number of anilines is 1. The molecule has 0 heterocycles. The molecule has 0 aliphatic heterocycles. The molecule has 0 fully saturated rings. The Balaban J connectivity index is 2.33. The maximum atomic E-state index is 12.6. The fourth-order valence-electron chi connectivity index (χ4n) is 2.42. The molecule has 6 nitrogen and oxygen atoms in total. The number of ether oxygens (including phenoxy) is 2. The van der Waals surface area contributed by atoms with Crippen molar-refractivity contribution in [2.75, 3.05) is 25.8 Å². The van der Waals surface area contributed by atoms with Crippen molar-refractivity contribution in [2.24, 2.45) is 0 Å². The van der Waals surface area contributed by atoms with E-state index < -0.39 is 9.84 Å². The van der Waals surface area contributed by atoms with Gasteiger partial charge in [0.05, 0.1) is 19.1 Å². The first-order valence-corrected chi connectivity index (χ1v) is 9.69. The molecule has 138 valence electrons. The average molecular weight is 375 g/mol. The van der Waals surface area contributed by atoms with Crippen molar-refractivity contribution in [3.05, 3.63) is 53.6 Å². The zero-order valence-corrected chi connectivity index (χ0v) is 15.9. The summed E-state index contributed by atoms with van der Waals surface area (Å²) in [4.78, 5) is 12.8. The largest absolute Gasteiger partial charge is 0.493 e. The summed E-state index contributed by atoms with van der Waals surface area (Å²) < 4.78 is 33.7. The minimum Gasteiger partial charge on any atom is -0.493 e. The SMILES string of the molecule is CC=Cc1cc(C(=O)Nc2ccc(S(C)(=O)=O)cc2)cc(OC)c1OC. The van der Waals surface area contributed by atoms with E-state index in [2.05, 4.69) is 5.32 Å². The standard InChI is InChI=1S/C19H21NO5S/c1-5-6-13-11-14(12-17(24-2)18(13)25-3)19(21)20-15-7-9-16(10-8-15)26(4,22)23/h5-12H,1-4H3,(H,20,21). The molecule has 0 spiro atoms. The van der Waals surface area contributed by atoms with Crippen LogP contribution in [-0.2, 0) is 9.84 Å². The molecule has 7 heteroatoms. The van der Waals surface area contributed by atoms with E-state index in [-0.39, 0.29) is 10.8 Å². The second-order valence-electron chi connectivity index (χ2n) is 5.55. The van der Waals surface area contributed by atoms with Gasteiger partial charge in [-0.25, -0.2) is 8.42 Å². The quantitative estimate of drug-likeness (QED) is 0.837. The Bertz CT molecular complexity index is 931. The first-order valence-electron chi connectivity index (χ1n) is 7.80. The van der Waals surface area contributed by atoms with Gasteiger partial charge in [0.1, 0.15) is 0 Å². The van der Waals surface area contributed by atoms with Crippen LogP contribution in [0.5, 0.6) is 11.5 Å². The van der Waals surface area contributed by atoms with Gasteiger partial charge in [0.25, 0.3) is 5.91 Å². The molecule has 1 N–H and O–H groups in total. The Labute approximate surface area is 153 Å². The summed E-state index contributed by atoms with van der Waals surface area (Å²) in [5.74, 6) is 0.643. The lowest BCUT2D eigenvalue weighted by atomic mass is 10.1. The highest BCUT2D eigenvalue weighted by Gasteiger charge is 2.15. The molecule has 1 amide bonds. The molecule has 0 aromatic heterocycles. The van der Waals surface area contributed by atoms with Crippen molar-refractivity contribution >= 4 is 27.5 Å². The molecule has 0 bridgehead atoms. The maximum Gasteiger partial charge on any atom is 0.255 e. The van der Waals surface area contributed by atoms with Crippen LogP contribution in [-0.4, -0.2) is 34.8 Å². The molecule has 0 unspecified atom stereocenters. The van der Waals surface area contributed by atoms with Crippen molar-refractivity contribution in [1.29, 1.82) is 0 Å². The van der Waals surface area contributed by atoms with Gasteiger partial charge in [-0.3, -0.25) is 4.79 Å². The summed E-state index contributed by atoms with van der Waals surface area (Å²) in [5, 5.41) is 2.74. The lowest BCUT2D eigenvalue weighted by molar-refractivity contribution is 0.102. The summed E-state index contributed by atoms with van der Waals surface area (Å²) in [6.45, 7) is 1.86. The van der Waals surface area contributed by atoms with Gasteiger partial charge in [0, 0.05) is 23.1 Å². The van der Waals surface area contributed by atoms with Crippen LogP contribution in [0, 0.1) is 0 Å². The summed E-state index contributed by atoms with van der Waals surface area (Å²) in [7, 11) is -0.241. The number of sulfone groups is 1. The van der Waals surface area contributed by atoms with E-state index >= 15 is 0 Å². The number of amides is 1. The number of hydrogen-bond donors (Lipinski definition) is 1. The van der Waals surface area contributed by atoms with Crippen LogP contribution in [0.15, 0.2) is 47.4 Å². The van der Waals surface area contributed by atoms with Crippen LogP contribution < -0.4 is 14.8 Å². The Morgan fingerprint density at radius 3 is 2.23 bits per heavy atom. The van der Waals surface area contributed by atoms with Crippen LogP contribution in [0.2, 0.25) is 0 Å². The molecule has 0 saturated carbocycles. The Hall–Kier alpha value is -2.80. The van der Waals surface area contributed by atoms with Crippen LogP contribution >= 0.6 is 0 Å². The minimum absolute atomic E-state index is 0.192. The molecular weight excluding hydrogens is 354 g/mol. The summed E-state index contributed by atoms with van der Waals surface area (Å²) in [6.07, 6.45) is 4.79. The fourth-order valence-corrected chi connectivity index (χ4v) is 3.05. The summed E-state index contributed by atoms with van der Waals surface area (Å²) in [5.41, 5.74) is 1.60. The van der Waals surface area contributed by atoms with Gasteiger partial charge in [0.15, 0.2) is 21.3 Å². The Morgan fingerprint density at radius 1 is 1.08 bits per heavy atom. The molecule has 2 rings (SSSR count). The molecule has 26 heavy (non-hydrogen) atoms. The third kappa shape index (κ3) is 4.43. The molecule has 0 aliphatic carbocycles. The van der Waals surface area contributed by atoms with Crippen molar-refractivity contribution < 1.29 is 22.7 Å². The van der Waals surface area contributed by atoms with Crippen LogP contribution in [0.1, 0.15) is 22.8 Å². The third-order valence-electron chi connectivity index (χ3n) is 3.66. The van der Waals surface area contributed by atoms with E-state index in [1.54, 1.807) is 24.3 Å². The van der Waals surface area contributed by atoms with Crippen molar-refractivity contribution in [2.45, 2.75) is 11.8 Å². The van der Waals surface area contributed by atoms with Crippen molar-refractivity contribution in [3.8, 4) is 11.5 Å². The summed E-state index contributed by atoms with van der Waals surface area (Å²) in [6, 6.07) is 9.27. The van der Waals surface area contributed by atoms with Crippen LogP contribution in [0.25, 0.3) is 6.08 Å². The number of carbonyl (C=O) groups excluding carboxylic acids is 1. The second-order valence-corrected chi connectivity index (χ2v) is 7.57. The monoisotopic (exact) mass is 375 g/mol. The van der Waals surface area contributed by atoms with E-state index in [0.29, 0.717) is 28.3 Å². The van der Waals surface area contributed by atoms with E-state index in [1.165, 1.54) is 26.4 Å². The fraction of sp³-hybridized carbons (Fsp3) is 0.211. The number of methoxy groups -OCH3 is 2. The average Bonchev–Trinajstić information content (AvgIpc) is 2.60. The number of allylic oxidation sites excluding steroid dienone is 1. The number of rotatable bonds is 6. The van der Waals surface area contributed by atoms with E-state index in [1.807, 2.05) is 19.1 Å². The molecule has 0 saturated heterocycles. The topological polar surface area (TPSA) is 81.7 Å². The van der Waals surface area contributed by atoms with Gasteiger partial charge in [-0.05, 0) is 43.3 Å². The number of nitrogens with one attached hydrogen (secondary N) is 1. The first kappa shape index (κ1) is 19.5. The normalized spacial score (nSPS) is 11.4. The molecule has 0 radical (unpaired) electrons. The van der Waals surface area contributed by atoms with Crippen LogP contribution in [0.3, 0.4) is 0 Å². The van der Waals surface area contributed by atoms with Crippen molar-refractivity contribution in [1.82, 2.24) is 0 Å². The summed E-state index contributed by atoms with van der Waals surface area (Å²) >= 11 is 0. The van der Waals surface area contributed by atoms with Gasteiger partial charge in [-0.2, -0.15) is 0 Å². The van der Waals surface area contributed by atoms with E-state index in [4.69, 9.17) is 9.47 Å². The number of benzene rings is 2. The number of hydrogen-bond acceptors (Lipinski definition) is 5. The molecule has 2 aromatic rings. The van der Waals surface area contributed by atoms with Gasteiger partial charge in [0.2, 0.25) is 0 Å². The van der Waals surface area contributed by atoms with Crippen molar-refractivity contribution in [3.63, 3.8) is 0 Å². The first-order chi connectivity index (χ1) is 12.3. The van der Waals surface area contributed by atoms with Crippen LogP contribution in [0.4, 0.5) is 5.69 Å². The van der Waals surface area contributed by atoms with Gasteiger partial charge < -0.3 is 14.8 Å². The predicted octanol–water partition coefficient (Wildman–Crippen LogP) is 3.39. The highest BCUT2D eigenvalue weighted by atomic mass is 32.2. The lowest BCUT2D eigenvalue weighted by Gasteiger charge is -2.13. The molecule has 0 aliphatic rings. The number of carbonyl (C=O) groups is 1. The molecular formula is C19H21NO5S. The predicted molar refractivity (Wildman–Crippen MR) is 102 cm³/mol. The molecule has 2 aromatic carbocycles. The molecule has 0 atom stereocenters. The zero-order valence-electron chi connectivity index (χ0n) is 15.1. The Kier molecular flexibility index (Phi) is 6.05. The Morgan fingerprint density at radius 2 is 1.73 bits per heavy atom. The highest BCUT2D eigenvalue weighted by molar-refractivity contribution is 7.90. The second kappa shape index (κ2) is 8.05. The van der Waals surface area contributed by atoms with E-state index in [0.717, 1.165) is 6.26 Å². The third-order valence-corrected chi connectivity index (χ3v) is 4.78. The van der Waals surface area contributed by atoms with Gasteiger partial charge >= 0.3 is 0 Å². The highest BCUT2D eigenvalue weighted by Crippen LogP contribution is 2.33.